The van der Waals surface area contributed by atoms with Gasteiger partial charge in [0.15, 0.2) is 5.96 Å². The van der Waals surface area contributed by atoms with Gasteiger partial charge in [0.1, 0.15) is 0 Å². The molecule has 1 aromatic heterocycles. The average molecular weight is 429 g/mol. The van der Waals surface area contributed by atoms with Gasteiger partial charge in [-0.25, -0.2) is 9.97 Å². The zero-order valence-corrected chi connectivity index (χ0v) is 15.7. The van der Waals surface area contributed by atoms with Gasteiger partial charge in [-0.3, -0.25) is 9.89 Å². The van der Waals surface area contributed by atoms with Crippen LogP contribution in [0.1, 0.15) is 0 Å². The van der Waals surface area contributed by atoms with Crippen molar-refractivity contribution in [3.05, 3.63) is 18.5 Å². The van der Waals surface area contributed by atoms with E-state index in [4.69, 9.17) is 6.42 Å². The number of piperazine rings is 1. The van der Waals surface area contributed by atoms with Crippen LogP contribution >= 0.6 is 24.0 Å². The molecule has 1 fully saturated rings. The number of terminal acetylenes is 1. The second kappa shape index (κ2) is 11.0. The summed E-state index contributed by atoms with van der Waals surface area (Å²) in [6.07, 6.45) is 8.79. The summed E-state index contributed by atoms with van der Waals surface area (Å²) < 4.78 is 0. The molecule has 0 spiro atoms. The van der Waals surface area contributed by atoms with Crippen LogP contribution in [-0.4, -0.2) is 73.7 Å². The monoisotopic (exact) mass is 429 g/mol. The van der Waals surface area contributed by atoms with Crippen LogP contribution < -0.4 is 15.5 Å². The highest BCUT2D eigenvalue weighted by molar-refractivity contribution is 14.0. The van der Waals surface area contributed by atoms with E-state index >= 15 is 0 Å². The summed E-state index contributed by atoms with van der Waals surface area (Å²) in [7, 11) is 1.74. The Balaban J connectivity index is 0.00000264. The van der Waals surface area contributed by atoms with Crippen LogP contribution in [-0.2, 0) is 0 Å². The molecule has 0 unspecified atom stereocenters. The van der Waals surface area contributed by atoms with Crippen molar-refractivity contribution in [2.45, 2.75) is 0 Å². The molecular formula is C15H24IN7. The van der Waals surface area contributed by atoms with Gasteiger partial charge in [0.05, 0.1) is 6.54 Å². The summed E-state index contributed by atoms with van der Waals surface area (Å²) in [5.74, 6) is 4.10. The van der Waals surface area contributed by atoms with Crippen LogP contribution in [0, 0.1) is 12.3 Å². The molecule has 2 heterocycles. The molecule has 7 nitrogen and oxygen atoms in total. The lowest BCUT2D eigenvalue weighted by Crippen LogP contribution is -2.49. The molecule has 0 aromatic carbocycles. The number of hydrogen-bond acceptors (Lipinski definition) is 5. The third-order valence-electron chi connectivity index (χ3n) is 3.51. The summed E-state index contributed by atoms with van der Waals surface area (Å²) in [5, 5.41) is 6.30. The summed E-state index contributed by atoms with van der Waals surface area (Å²) in [6, 6.07) is 1.84. The lowest BCUT2D eigenvalue weighted by molar-refractivity contribution is 0.260. The van der Waals surface area contributed by atoms with E-state index in [0.29, 0.717) is 6.54 Å². The Bertz CT molecular complexity index is 506. The number of aromatic nitrogens is 2. The van der Waals surface area contributed by atoms with E-state index in [2.05, 4.69) is 41.3 Å². The van der Waals surface area contributed by atoms with Crippen molar-refractivity contribution in [3.8, 4) is 12.3 Å². The van der Waals surface area contributed by atoms with Crippen LogP contribution in [0.25, 0.3) is 0 Å². The molecule has 1 aliphatic rings. The highest BCUT2D eigenvalue weighted by atomic mass is 127. The first-order valence-electron chi connectivity index (χ1n) is 7.46. The van der Waals surface area contributed by atoms with Crippen molar-refractivity contribution < 1.29 is 0 Å². The number of hydrogen-bond donors (Lipinski definition) is 2. The maximum atomic E-state index is 5.22. The molecule has 0 amide bonds. The molecule has 0 aliphatic carbocycles. The quantitative estimate of drug-likeness (QED) is 0.298. The minimum absolute atomic E-state index is 0. The number of anilines is 1. The maximum absolute atomic E-state index is 5.22. The van der Waals surface area contributed by atoms with Crippen molar-refractivity contribution in [3.63, 3.8) is 0 Å². The van der Waals surface area contributed by atoms with Crippen LogP contribution in [0.3, 0.4) is 0 Å². The maximum Gasteiger partial charge on any atom is 0.225 e. The topological polar surface area (TPSA) is 68.7 Å². The normalized spacial score (nSPS) is 15.5. The largest absolute Gasteiger partial charge is 0.355 e. The van der Waals surface area contributed by atoms with Gasteiger partial charge in [-0.2, -0.15) is 0 Å². The van der Waals surface area contributed by atoms with Gasteiger partial charge in [0.2, 0.25) is 5.95 Å². The van der Waals surface area contributed by atoms with Crippen molar-refractivity contribution in [1.82, 2.24) is 25.5 Å². The number of halogens is 1. The fourth-order valence-corrected chi connectivity index (χ4v) is 2.31. The van der Waals surface area contributed by atoms with E-state index < -0.39 is 0 Å². The van der Waals surface area contributed by atoms with Gasteiger partial charge in [0, 0.05) is 58.7 Å². The van der Waals surface area contributed by atoms with Crippen molar-refractivity contribution in [2.24, 2.45) is 4.99 Å². The predicted octanol–water partition coefficient (Wildman–Crippen LogP) is 0.0148. The number of nitrogens with zero attached hydrogens (tertiary/aromatic N) is 5. The Morgan fingerprint density at radius 3 is 2.57 bits per heavy atom. The van der Waals surface area contributed by atoms with Gasteiger partial charge in [-0.05, 0) is 6.07 Å². The van der Waals surface area contributed by atoms with Crippen LogP contribution in [0.5, 0.6) is 0 Å². The highest BCUT2D eigenvalue weighted by Crippen LogP contribution is 2.08. The third-order valence-corrected chi connectivity index (χ3v) is 3.51. The van der Waals surface area contributed by atoms with Crippen LogP contribution in [0.2, 0.25) is 0 Å². The Morgan fingerprint density at radius 1 is 1.26 bits per heavy atom. The van der Waals surface area contributed by atoms with Gasteiger partial charge in [-0.1, -0.05) is 5.92 Å². The molecule has 1 aromatic rings. The first-order valence-corrected chi connectivity index (χ1v) is 7.46. The summed E-state index contributed by atoms with van der Waals surface area (Å²) in [4.78, 5) is 17.3. The first kappa shape index (κ1) is 19.4. The molecule has 2 rings (SSSR count). The molecule has 8 heteroatoms. The molecule has 0 bridgehead atoms. The molecule has 2 N–H and O–H groups in total. The average Bonchev–Trinajstić information content (AvgIpc) is 2.59. The zero-order valence-electron chi connectivity index (χ0n) is 13.4. The minimum atomic E-state index is 0. The summed E-state index contributed by atoms with van der Waals surface area (Å²) in [5.41, 5.74) is 0. The fourth-order valence-electron chi connectivity index (χ4n) is 2.31. The van der Waals surface area contributed by atoms with E-state index in [1.54, 1.807) is 19.4 Å². The molecule has 1 saturated heterocycles. The molecule has 0 saturated carbocycles. The van der Waals surface area contributed by atoms with Crippen LogP contribution in [0.4, 0.5) is 5.95 Å². The fraction of sp³-hybridized carbons (Fsp3) is 0.533. The Morgan fingerprint density at radius 2 is 1.96 bits per heavy atom. The second-order valence-electron chi connectivity index (χ2n) is 4.93. The first-order chi connectivity index (χ1) is 10.8. The molecule has 0 atom stereocenters. The Hall–Kier alpha value is -1.60. The molecular weight excluding hydrogens is 405 g/mol. The third kappa shape index (κ3) is 6.58. The van der Waals surface area contributed by atoms with Gasteiger partial charge in [0.25, 0.3) is 0 Å². The molecule has 126 valence electrons. The lowest BCUT2D eigenvalue weighted by atomic mass is 10.3. The standard InChI is InChI=1S/C15H23N7.HI/c1-3-5-17-14(16-2)18-8-9-21-10-12-22(13-11-21)15-19-6-4-7-20-15;/h1,4,6-7H,5,8-13H2,2H3,(H2,16,17,18);1H. The van der Waals surface area contributed by atoms with Crippen LogP contribution in [0.15, 0.2) is 23.5 Å². The lowest BCUT2D eigenvalue weighted by Gasteiger charge is -2.34. The summed E-state index contributed by atoms with van der Waals surface area (Å²) >= 11 is 0. The van der Waals surface area contributed by atoms with E-state index in [0.717, 1.165) is 51.2 Å². The minimum Gasteiger partial charge on any atom is -0.355 e. The highest BCUT2D eigenvalue weighted by Gasteiger charge is 2.18. The Labute approximate surface area is 155 Å². The SMILES string of the molecule is C#CCNC(=NC)NCCN1CCN(c2ncccn2)CC1.I. The molecule has 23 heavy (non-hydrogen) atoms. The number of aliphatic imine (C=N–C) groups is 1. The van der Waals surface area contributed by atoms with E-state index in [-0.39, 0.29) is 24.0 Å². The molecule has 1 aliphatic heterocycles. The number of nitrogens with one attached hydrogen (secondary N) is 2. The smallest absolute Gasteiger partial charge is 0.225 e. The van der Waals surface area contributed by atoms with Crippen molar-refractivity contribution >= 4 is 35.9 Å². The van der Waals surface area contributed by atoms with E-state index in [1.807, 2.05) is 6.07 Å². The second-order valence-corrected chi connectivity index (χ2v) is 4.93. The van der Waals surface area contributed by atoms with Gasteiger partial charge >= 0.3 is 0 Å². The van der Waals surface area contributed by atoms with E-state index in [9.17, 15) is 0 Å². The van der Waals surface area contributed by atoms with Crippen molar-refractivity contribution in [2.75, 3.05) is 57.8 Å². The Kier molecular flexibility index (Phi) is 9.31. The molecule has 0 radical (unpaired) electrons. The van der Waals surface area contributed by atoms with Gasteiger partial charge in [-0.15, -0.1) is 30.4 Å². The van der Waals surface area contributed by atoms with E-state index in [1.165, 1.54) is 0 Å². The zero-order chi connectivity index (χ0) is 15.6. The van der Waals surface area contributed by atoms with Crippen molar-refractivity contribution in [1.29, 1.82) is 0 Å². The number of guanidine groups is 1. The number of rotatable bonds is 5. The summed E-state index contributed by atoms with van der Waals surface area (Å²) in [6.45, 7) is 6.22. The van der Waals surface area contributed by atoms with Gasteiger partial charge < -0.3 is 15.5 Å². The predicted molar refractivity (Wildman–Crippen MR) is 104 cm³/mol.